The topological polar surface area (TPSA) is 0 Å². The molecule has 0 unspecified atom stereocenters. The Balaban J connectivity index is 0.000000285. The molecule has 0 N–H and O–H groups in total. The summed E-state index contributed by atoms with van der Waals surface area (Å²) in [7, 11) is 0. The minimum absolute atomic E-state index is 0. The van der Waals surface area contributed by atoms with Crippen molar-refractivity contribution in [2.24, 2.45) is 0 Å². The van der Waals surface area contributed by atoms with Crippen LogP contribution in [0, 0.1) is 13.8 Å². The van der Waals surface area contributed by atoms with Crippen LogP contribution in [0.2, 0.25) is 0 Å². The van der Waals surface area contributed by atoms with Gasteiger partial charge in [-0.15, -0.1) is 62.5 Å². The van der Waals surface area contributed by atoms with Crippen LogP contribution in [0.15, 0.2) is 82.6 Å². The summed E-state index contributed by atoms with van der Waals surface area (Å²) in [6.07, 6.45) is 0. The summed E-state index contributed by atoms with van der Waals surface area (Å²) in [6, 6.07) is 26.0. The van der Waals surface area contributed by atoms with Crippen molar-refractivity contribution in [1.82, 2.24) is 0 Å². The van der Waals surface area contributed by atoms with Crippen LogP contribution < -0.4 is 24.8 Å². The van der Waals surface area contributed by atoms with Crippen LogP contribution in [0.25, 0.3) is 32.3 Å². The Morgan fingerprint density at radius 3 is 2.24 bits per heavy atom. The Hall–Kier alpha value is -0.697. The van der Waals surface area contributed by atoms with Gasteiger partial charge in [-0.2, -0.15) is 6.07 Å². The molecule has 0 bridgehead atoms. The monoisotopic (exact) mass is 578 g/mol. The summed E-state index contributed by atoms with van der Waals surface area (Å²) in [5, 5.41) is 4.81. The van der Waals surface area contributed by atoms with Crippen LogP contribution in [-0.2, 0) is 26.2 Å². The van der Waals surface area contributed by atoms with Crippen molar-refractivity contribution in [3.8, 4) is 21.6 Å². The second-order valence-corrected chi connectivity index (χ2v) is 8.37. The normalized spacial score (nSPS) is 9.76. The van der Waals surface area contributed by atoms with Gasteiger partial charge in [0.25, 0.3) is 0 Å². The number of halogens is 3. The molecule has 2 aliphatic rings. The summed E-state index contributed by atoms with van der Waals surface area (Å²) in [5.74, 6) is 0. The van der Waals surface area contributed by atoms with Gasteiger partial charge in [0.1, 0.15) is 0 Å². The van der Waals surface area contributed by atoms with E-state index in [0.717, 1.165) is 0 Å². The van der Waals surface area contributed by atoms with Crippen molar-refractivity contribution in [3.63, 3.8) is 0 Å². The fourth-order valence-electron chi connectivity index (χ4n) is 3.34. The Labute approximate surface area is 216 Å². The van der Waals surface area contributed by atoms with E-state index in [4.69, 9.17) is 0 Å². The molecule has 3 aromatic rings. The van der Waals surface area contributed by atoms with Crippen LogP contribution in [0.3, 0.4) is 0 Å². The molecule has 1 aliphatic heterocycles. The van der Waals surface area contributed by atoms with Gasteiger partial charge < -0.3 is 24.8 Å². The Morgan fingerprint density at radius 1 is 0.828 bits per heavy atom. The molecule has 1 aliphatic carbocycles. The number of hydrogen-bond donors (Lipinski definition) is 0. The van der Waals surface area contributed by atoms with Crippen molar-refractivity contribution in [2.75, 3.05) is 0 Å². The number of aryl methyl sites for hydroxylation is 2. The molecule has 5 rings (SSSR count). The Bertz CT molecular complexity index is 1120. The second-order valence-electron chi connectivity index (χ2n) is 6.60. The SMILES string of the molecule is Cc1cc2c(-c3ccccc3)cccc2[cH-]1.Cc1cc2s[cH-]c(Br)c-2c1.[Cl-].[Cl-].[Zr+4]. The van der Waals surface area contributed by atoms with Gasteiger partial charge in [-0.05, 0) is 12.5 Å². The third kappa shape index (κ3) is 5.93. The van der Waals surface area contributed by atoms with E-state index >= 15 is 0 Å². The number of benzene rings is 2. The number of hydrogen-bond acceptors (Lipinski definition) is 1. The zero-order valence-corrected chi connectivity index (χ0v) is 22.4. The number of rotatable bonds is 1. The van der Waals surface area contributed by atoms with Crippen molar-refractivity contribution < 1.29 is 51.0 Å². The molecule has 29 heavy (non-hydrogen) atoms. The second kappa shape index (κ2) is 11.6. The fourth-order valence-corrected chi connectivity index (χ4v) is 4.99. The molecule has 0 aromatic heterocycles. The predicted octanol–water partition coefficient (Wildman–Crippen LogP) is 2.18. The predicted molar refractivity (Wildman–Crippen MR) is 119 cm³/mol. The molecule has 146 valence electrons. The molecular formula is C24H19BrCl2SZr. The summed E-state index contributed by atoms with van der Waals surface area (Å²) in [4.78, 5) is 1.38. The van der Waals surface area contributed by atoms with Gasteiger partial charge in [0.15, 0.2) is 0 Å². The van der Waals surface area contributed by atoms with E-state index in [9.17, 15) is 0 Å². The van der Waals surface area contributed by atoms with Gasteiger partial charge in [0.05, 0.1) is 0 Å². The van der Waals surface area contributed by atoms with Gasteiger partial charge >= 0.3 is 26.2 Å². The molecule has 5 heteroatoms. The first-order valence-electron chi connectivity index (χ1n) is 8.63. The van der Waals surface area contributed by atoms with E-state index in [-0.39, 0.29) is 51.0 Å². The first kappa shape index (κ1) is 26.3. The summed E-state index contributed by atoms with van der Waals surface area (Å²) >= 11 is 5.28. The van der Waals surface area contributed by atoms with Gasteiger partial charge in [-0.3, -0.25) is 11.3 Å². The first-order valence-corrected chi connectivity index (χ1v) is 10.3. The minimum atomic E-state index is 0. The van der Waals surface area contributed by atoms with Crippen LogP contribution in [-0.4, -0.2) is 0 Å². The van der Waals surface area contributed by atoms with Crippen LogP contribution in [0.5, 0.6) is 0 Å². The van der Waals surface area contributed by atoms with Gasteiger partial charge in [0.2, 0.25) is 0 Å². The fraction of sp³-hybridized carbons (Fsp3) is 0.0833. The maximum Gasteiger partial charge on any atom is 4.00 e. The molecular weight excluding hydrogens is 562 g/mol. The van der Waals surface area contributed by atoms with Crippen molar-refractivity contribution >= 4 is 38.0 Å². The Kier molecular flexibility index (Phi) is 10.6. The van der Waals surface area contributed by atoms with Gasteiger partial charge in [0, 0.05) is 0 Å². The largest absolute Gasteiger partial charge is 4.00 e. The van der Waals surface area contributed by atoms with Crippen LogP contribution in [0.1, 0.15) is 11.1 Å². The summed E-state index contributed by atoms with van der Waals surface area (Å²) in [6.45, 7) is 4.27. The van der Waals surface area contributed by atoms with E-state index in [1.807, 2.05) is 0 Å². The van der Waals surface area contributed by atoms with Crippen LogP contribution >= 0.6 is 27.3 Å². The van der Waals surface area contributed by atoms with Gasteiger partial charge in [-0.1, -0.05) is 74.9 Å². The van der Waals surface area contributed by atoms with E-state index < -0.39 is 0 Å². The van der Waals surface area contributed by atoms with E-state index in [2.05, 4.69) is 108 Å². The average molecular weight is 582 g/mol. The maximum atomic E-state index is 3.49. The molecule has 0 amide bonds. The summed E-state index contributed by atoms with van der Waals surface area (Å²) < 4.78 is 1.22. The number of fused-ring (bicyclic) bond motifs is 2. The van der Waals surface area contributed by atoms with E-state index in [1.165, 1.54) is 47.9 Å². The van der Waals surface area contributed by atoms with Crippen molar-refractivity contribution in [1.29, 1.82) is 0 Å². The third-order valence-corrected chi connectivity index (χ3v) is 6.43. The smallest absolute Gasteiger partial charge is 1.00 e. The quantitative estimate of drug-likeness (QED) is 0.267. The third-order valence-electron chi connectivity index (χ3n) is 4.52. The zero-order valence-electron chi connectivity index (χ0n) is 16.0. The molecule has 0 nitrogen and oxygen atoms in total. The molecule has 1 heterocycles. The molecule has 0 atom stereocenters. The first-order chi connectivity index (χ1) is 12.6. The summed E-state index contributed by atoms with van der Waals surface area (Å²) in [5.41, 5.74) is 6.65. The molecule has 0 saturated heterocycles. The van der Waals surface area contributed by atoms with Crippen molar-refractivity contribution in [2.45, 2.75) is 13.8 Å². The van der Waals surface area contributed by atoms with Crippen molar-refractivity contribution in [3.05, 3.63) is 93.8 Å². The molecule has 0 saturated carbocycles. The van der Waals surface area contributed by atoms with E-state index in [1.54, 1.807) is 11.3 Å². The number of thiophene rings is 1. The van der Waals surface area contributed by atoms with Gasteiger partial charge in [-0.25, -0.2) is 0 Å². The zero-order chi connectivity index (χ0) is 18.1. The molecule has 0 fully saturated rings. The molecule has 0 spiro atoms. The average Bonchev–Trinajstić information content (AvgIpc) is 3.30. The maximum absolute atomic E-state index is 3.49. The Morgan fingerprint density at radius 2 is 1.55 bits per heavy atom. The minimum Gasteiger partial charge on any atom is -1.00 e. The van der Waals surface area contributed by atoms with Crippen LogP contribution in [0.4, 0.5) is 0 Å². The van der Waals surface area contributed by atoms with E-state index in [0.29, 0.717) is 0 Å². The molecule has 3 aromatic carbocycles. The molecule has 0 radical (unpaired) electrons. The standard InChI is InChI=1S/C16H13.C8H6BrS.2ClH.Zr/c1-12-10-14-8-5-9-15(16(14)11-12)13-6-3-2-4-7-13;1-5-2-6-7(9)4-10-8(6)3-5;;;/h2-11H,1H3;2-4H,1H3;2*1H;/q2*-1;;;+4/p-2.